The van der Waals surface area contributed by atoms with Crippen LogP contribution in [0.2, 0.25) is 0 Å². The number of ether oxygens (including phenoxy) is 4. The number of nitro benzene ring substituents is 2. The van der Waals surface area contributed by atoms with E-state index in [9.17, 15) is 47.8 Å². The zero-order chi connectivity index (χ0) is 31.8. The van der Waals surface area contributed by atoms with Crippen LogP contribution in [0, 0.1) is 20.2 Å². The third kappa shape index (κ3) is 5.88. The Morgan fingerprint density at radius 2 is 1.63 bits per heavy atom. The highest BCUT2D eigenvalue weighted by molar-refractivity contribution is 7.90. The van der Waals surface area contributed by atoms with Gasteiger partial charge >= 0.3 is 17.9 Å². The number of carbonyl (C=O) groups is 3. The van der Waals surface area contributed by atoms with E-state index in [4.69, 9.17) is 18.9 Å². The molecule has 43 heavy (non-hydrogen) atoms. The predicted molar refractivity (Wildman–Crippen MR) is 136 cm³/mol. The van der Waals surface area contributed by atoms with Gasteiger partial charge in [-0.25, -0.2) is 18.4 Å². The van der Waals surface area contributed by atoms with Crippen LogP contribution in [-0.4, -0.2) is 79.6 Å². The van der Waals surface area contributed by atoms with Gasteiger partial charge in [0.15, 0.2) is 34.5 Å². The molecule has 0 N–H and O–H groups in total. The molecular weight excluding hydrogens is 604 g/mol. The van der Waals surface area contributed by atoms with Crippen molar-refractivity contribution in [1.82, 2.24) is 18.5 Å². The fraction of sp³-hybridized carbons (Fsp3) is 0.364. The lowest BCUT2D eigenvalue weighted by molar-refractivity contribution is -0.396. The third-order valence-electron chi connectivity index (χ3n) is 5.96. The number of nitrogens with zero attached hydrogens (tertiary/aromatic N) is 6. The number of hydrogen-bond acceptors (Lipinski definition) is 16. The van der Waals surface area contributed by atoms with Crippen molar-refractivity contribution in [3.63, 3.8) is 0 Å². The Labute approximate surface area is 239 Å². The summed E-state index contributed by atoms with van der Waals surface area (Å²) >= 11 is 0. The molecule has 0 radical (unpaired) electrons. The van der Waals surface area contributed by atoms with Crippen molar-refractivity contribution in [2.45, 2.75) is 50.2 Å². The van der Waals surface area contributed by atoms with E-state index in [0.717, 1.165) is 31.7 Å². The molecule has 0 aliphatic carbocycles. The van der Waals surface area contributed by atoms with Crippen LogP contribution >= 0.6 is 0 Å². The third-order valence-corrected chi connectivity index (χ3v) is 7.64. The van der Waals surface area contributed by atoms with E-state index in [2.05, 4.69) is 9.97 Å². The van der Waals surface area contributed by atoms with Crippen molar-refractivity contribution < 1.29 is 51.6 Å². The van der Waals surface area contributed by atoms with E-state index in [1.165, 1.54) is 0 Å². The van der Waals surface area contributed by atoms with Crippen molar-refractivity contribution in [1.29, 1.82) is 0 Å². The van der Waals surface area contributed by atoms with E-state index in [0.29, 0.717) is 24.5 Å². The molecule has 0 spiro atoms. The molecule has 0 unspecified atom stereocenters. The number of carbonyl (C=O) groups excluding carboxylic acids is 3. The number of benzene rings is 1. The highest BCUT2D eigenvalue weighted by Crippen LogP contribution is 2.36. The van der Waals surface area contributed by atoms with Crippen molar-refractivity contribution in [2.24, 2.45) is 0 Å². The van der Waals surface area contributed by atoms with Gasteiger partial charge in [0.05, 0.1) is 22.2 Å². The van der Waals surface area contributed by atoms with Gasteiger partial charge in [-0.1, -0.05) is 0 Å². The van der Waals surface area contributed by atoms with Gasteiger partial charge in [-0.15, -0.1) is 0 Å². The van der Waals surface area contributed by atoms with E-state index < -0.39 is 96.3 Å². The topological polar surface area (TPSA) is 261 Å². The molecule has 3 aromatic rings. The van der Waals surface area contributed by atoms with Crippen LogP contribution in [-0.2, 0) is 43.4 Å². The number of esters is 3. The number of fused-ring (bicyclic) bond motifs is 1. The maximum Gasteiger partial charge on any atom is 0.303 e. The maximum absolute atomic E-state index is 13.3. The summed E-state index contributed by atoms with van der Waals surface area (Å²) in [5.74, 6) is -2.30. The molecule has 1 aliphatic heterocycles. The Balaban J connectivity index is 1.81. The van der Waals surface area contributed by atoms with Gasteiger partial charge in [0, 0.05) is 26.8 Å². The molecule has 1 aromatic carbocycles. The molecular formula is C22H20N6O14S. The lowest BCUT2D eigenvalue weighted by atomic mass is 10.1. The molecule has 0 saturated carbocycles. The minimum Gasteiger partial charge on any atom is -0.463 e. The predicted octanol–water partition coefficient (Wildman–Crippen LogP) is -0.0297. The number of imidazole rings is 1. The zero-order valence-electron chi connectivity index (χ0n) is 22.2. The molecule has 1 fully saturated rings. The molecule has 4 atom stereocenters. The average Bonchev–Trinajstić information content (AvgIpc) is 3.48. The van der Waals surface area contributed by atoms with Gasteiger partial charge < -0.3 is 18.9 Å². The smallest absolute Gasteiger partial charge is 0.303 e. The van der Waals surface area contributed by atoms with E-state index in [-0.39, 0.29) is 9.62 Å². The second-order valence-electron chi connectivity index (χ2n) is 8.86. The summed E-state index contributed by atoms with van der Waals surface area (Å²) in [6.45, 7) is 2.83. The van der Waals surface area contributed by atoms with Gasteiger partial charge in [0.2, 0.25) is 0 Å². The molecule has 20 nitrogen and oxygen atoms in total. The highest BCUT2D eigenvalue weighted by atomic mass is 32.2. The quantitative estimate of drug-likeness (QED) is 0.131. The van der Waals surface area contributed by atoms with Gasteiger partial charge in [-0.3, -0.25) is 44.0 Å². The minimum atomic E-state index is -5.04. The van der Waals surface area contributed by atoms with Gasteiger partial charge in [0.1, 0.15) is 19.0 Å². The average molecular weight is 624 g/mol. The van der Waals surface area contributed by atoms with Crippen LogP contribution in [0.25, 0.3) is 11.2 Å². The normalized spacial score (nSPS) is 20.0. The first-order valence-electron chi connectivity index (χ1n) is 11.9. The van der Waals surface area contributed by atoms with E-state index in [1.807, 2.05) is 0 Å². The summed E-state index contributed by atoms with van der Waals surface area (Å²) in [5, 5.41) is 22.6. The van der Waals surface area contributed by atoms with Crippen molar-refractivity contribution in [3.8, 4) is 0 Å². The highest BCUT2D eigenvalue weighted by Gasteiger charge is 2.51. The number of aromatic nitrogens is 4. The van der Waals surface area contributed by atoms with E-state index >= 15 is 0 Å². The fourth-order valence-corrected chi connectivity index (χ4v) is 5.58. The van der Waals surface area contributed by atoms with Crippen molar-refractivity contribution in [2.75, 3.05) is 6.61 Å². The molecule has 2 aromatic heterocycles. The summed E-state index contributed by atoms with van der Waals surface area (Å²) < 4.78 is 49.2. The van der Waals surface area contributed by atoms with Crippen molar-refractivity contribution >= 4 is 50.5 Å². The van der Waals surface area contributed by atoms with E-state index in [1.54, 1.807) is 0 Å². The lowest BCUT2D eigenvalue weighted by Gasteiger charge is -2.23. The van der Waals surface area contributed by atoms with Crippen LogP contribution in [0.1, 0.15) is 27.0 Å². The second-order valence-corrected chi connectivity index (χ2v) is 10.6. The van der Waals surface area contributed by atoms with Crippen molar-refractivity contribution in [3.05, 3.63) is 61.4 Å². The Bertz CT molecular complexity index is 1830. The molecule has 3 heterocycles. The second kappa shape index (κ2) is 11.5. The Hall–Kier alpha value is -5.31. The van der Waals surface area contributed by atoms with Crippen LogP contribution < -0.4 is 5.56 Å². The molecule has 21 heteroatoms. The van der Waals surface area contributed by atoms with Crippen LogP contribution in [0.5, 0.6) is 0 Å². The SMILES string of the molecule is CC(=O)OC[C@H]1O[C@@H](n2cnc3c(=O)n(S(=O)(=O)c4ccc([N+](=O)[O-])cc4[N+](=O)[O-])cnc32)[C@H](OC(C)=O)[C@@H]1OC(C)=O. The molecule has 4 rings (SSSR count). The maximum atomic E-state index is 13.3. The molecule has 0 amide bonds. The summed E-state index contributed by atoms with van der Waals surface area (Å²) in [5.41, 5.74) is -4.11. The fourth-order valence-electron chi connectivity index (χ4n) is 4.26. The summed E-state index contributed by atoms with van der Waals surface area (Å²) in [7, 11) is -5.04. The zero-order valence-corrected chi connectivity index (χ0v) is 23.0. The van der Waals surface area contributed by atoms with Gasteiger partial charge in [0.25, 0.3) is 27.0 Å². The van der Waals surface area contributed by atoms with Crippen LogP contribution in [0.15, 0.2) is 40.5 Å². The first kappa shape index (κ1) is 30.6. The number of rotatable bonds is 9. The minimum absolute atomic E-state index is 0.0606. The van der Waals surface area contributed by atoms with Gasteiger partial charge in [-0.2, -0.15) is 3.97 Å². The Morgan fingerprint density at radius 3 is 2.21 bits per heavy atom. The standard InChI is InChI=1S/C22H20N6O14S/c1-10(29)39-7-15-18(40-11(2)30)19(41-12(3)31)22(42-15)25-8-23-17-20(25)24-9-26(21(17)32)43(37,38)16-5-4-13(27(33)34)6-14(16)28(35)36/h4-6,8-9,15,18-19,22H,7H2,1-3H3/t15-,18-,19-,22-/m1/s1. The Morgan fingerprint density at radius 1 is 0.977 bits per heavy atom. The summed E-state index contributed by atoms with van der Waals surface area (Å²) in [6, 6.07) is 1.75. The summed E-state index contributed by atoms with van der Waals surface area (Å²) in [6.07, 6.45) is -3.71. The molecule has 0 bridgehead atoms. The van der Waals surface area contributed by atoms with Crippen LogP contribution in [0.3, 0.4) is 0 Å². The largest absolute Gasteiger partial charge is 0.463 e. The molecule has 228 valence electrons. The van der Waals surface area contributed by atoms with Gasteiger partial charge in [-0.05, 0) is 6.07 Å². The monoisotopic (exact) mass is 624 g/mol. The Kier molecular flexibility index (Phi) is 8.21. The first-order valence-corrected chi connectivity index (χ1v) is 13.3. The number of hydrogen-bond donors (Lipinski definition) is 0. The molecule has 1 saturated heterocycles. The lowest BCUT2D eigenvalue weighted by Crippen LogP contribution is -2.40. The number of nitro groups is 2. The number of non-ortho nitro benzene ring substituents is 1. The first-order chi connectivity index (χ1) is 20.1. The van der Waals surface area contributed by atoms with Crippen LogP contribution in [0.4, 0.5) is 11.4 Å². The summed E-state index contributed by atoms with van der Waals surface area (Å²) in [4.78, 5) is 75.6. The molecule has 1 aliphatic rings.